The minimum absolute atomic E-state index is 0.0355. The van der Waals surface area contributed by atoms with E-state index < -0.39 is 0 Å². The summed E-state index contributed by atoms with van der Waals surface area (Å²) < 4.78 is 0. The molecule has 0 saturated heterocycles. The van der Waals surface area contributed by atoms with Crippen LogP contribution in [0.3, 0.4) is 0 Å². The van der Waals surface area contributed by atoms with Gasteiger partial charge in [0.1, 0.15) is 5.84 Å². The molecule has 0 unspecified atom stereocenters. The summed E-state index contributed by atoms with van der Waals surface area (Å²) in [5, 5.41) is 14.3. The standard InChI is InChI=1S/C11H22N4O2/c1-2-3-7-13-11(16)15(9-4-5-9)8-6-10(12)14-17/h9,17H,2-8H2,1H3,(H2,12,14)(H,13,16). The Morgan fingerprint density at radius 2 is 2.29 bits per heavy atom. The van der Waals surface area contributed by atoms with Gasteiger partial charge in [-0.2, -0.15) is 0 Å². The first-order valence-corrected chi connectivity index (χ1v) is 6.20. The first kappa shape index (κ1) is 13.6. The Labute approximate surface area is 102 Å². The van der Waals surface area contributed by atoms with Crippen molar-refractivity contribution in [3.05, 3.63) is 0 Å². The summed E-state index contributed by atoms with van der Waals surface area (Å²) in [4.78, 5) is 13.7. The summed E-state index contributed by atoms with van der Waals surface area (Å²) in [6, 6.07) is 0.301. The van der Waals surface area contributed by atoms with Crippen LogP contribution < -0.4 is 11.1 Å². The quantitative estimate of drug-likeness (QED) is 0.205. The fourth-order valence-electron chi connectivity index (χ4n) is 1.59. The minimum atomic E-state index is -0.0355. The maximum Gasteiger partial charge on any atom is 0.317 e. The highest BCUT2D eigenvalue weighted by atomic mass is 16.4. The van der Waals surface area contributed by atoms with E-state index in [1.54, 1.807) is 4.90 Å². The lowest BCUT2D eigenvalue weighted by Gasteiger charge is -2.22. The van der Waals surface area contributed by atoms with Crippen LogP contribution in [0.5, 0.6) is 0 Å². The molecule has 0 aromatic heterocycles. The van der Waals surface area contributed by atoms with E-state index >= 15 is 0 Å². The average molecular weight is 242 g/mol. The summed E-state index contributed by atoms with van der Waals surface area (Å²) in [5.74, 6) is 0.164. The Balaban J connectivity index is 2.34. The van der Waals surface area contributed by atoms with Crippen molar-refractivity contribution in [3.8, 4) is 0 Å². The van der Waals surface area contributed by atoms with Gasteiger partial charge < -0.3 is 21.2 Å². The van der Waals surface area contributed by atoms with Crippen molar-refractivity contribution in [1.82, 2.24) is 10.2 Å². The van der Waals surface area contributed by atoms with Crippen molar-refractivity contribution < 1.29 is 10.0 Å². The zero-order valence-corrected chi connectivity index (χ0v) is 10.4. The maximum absolute atomic E-state index is 11.9. The van der Waals surface area contributed by atoms with Gasteiger partial charge in [0.25, 0.3) is 0 Å². The number of hydrogen-bond acceptors (Lipinski definition) is 3. The van der Waals surface area contributed by atoms with Crippen molar-refractivity contribution in [2.45, 2.75) is 45.1 Å². The fourth-order valence-corrected chi connectivity index (χ4v) is 1.59. The molecule has 6 nitrogen and oxygen atoms in total. The Hall–Kier alpha value is -1.46. The summed E-state index contributed by atoms with van der Waals surface area (Å²) in [5.41, 5.74) is 5.41. The molecule has 0 atom stereocenters. The average Bonchev–Trinajstić information content (AvgIpc) is 3.13. The second-order valence-corrected chi connectivity index (χ2v) is 4.35. The van der Waals surface area contributed by atoms with Crippen LogP contribution >= 0.6 is 0 Å². The van der Waals surface area contributed by atoms with Crippen LogP contribution in [0.15, 0.2) is 5.16 Å². The summed E-state index contributed by atoms with van der Waals surface area (Å²) in [6.45, 7) is 3.31. The number of nitrogens with zero attached hydrogens (tertiary/aromatic N) is 2. The number of rotatable bonds is 7. The van der Waals surface area contributed by atoms with Gasteiger partial charge in [0.15, 0.2) is 0 Å². The largest absolute Gasteiger partial charge is 0.409 e. The normalized spacial score (nSPS) is 15.7. The predicted octanol–water partition coefficient (Wildman–Crippen LogP) is 1.10. The predicted molar refractivity (Wildman–Crippen MR) is 66.1 cm³/mol. The highest BCUT2D eigenvalue weighted by Gasteiger charge is 2.32. The Morgan fingerprint density at radius 3 is 2.82 bits per heavy atom. The highest BCUT2D eigenvalue weighted by Crippen LogP contribution is 2.26. The number of oxime groups is 1. The van der Waals surface area contributed by atoms with Gasteiger partial charge in [-0.15, -0.1) is 0 Å². The van der Waals surface area contributed by atoms with Gasteiger partial charge in [-0.1, -0.05) is 18.5 Å². The molecule has 0 bridgehead atoms. The number of nitrogens with two attached hydrogens (primary N) is 1. The molecule has 4 N–H and O–H groups in total. The third-order valence-electron chi connectivity index (χ3n) is 2.79. The van der Waals surface area contributed by atoms with Gasteiger partial charge in [0.2, 0.25) is 0 Å². The van der Waals surface area contributed by atoms with E-state index in [9.17, 15) is 4.79 Å². The van der Waals surface area contributed by atoms with Crippen LogP contribution in [0.25, 0.3) is 0 Å². The first-order valence-electron chi connectivity index (χ1n) is 6.20. The zero-order valence-electron chi connectivity index (χ0n) is 10.4. The number of nitrogens with one attached hydrogen (secondary N) is 1. The molecule has 0 aromatic carbocycles. The SMILES string of the molecule is CCCCNC(=O)N(CC/C(N)=N/O)C1CC1. The third-order valence-corrected chi connectivity index (χ3v) is 2.79. The summed E-state index contributed by atoms with van der Waals surface area (Å²) in [6.07, 6.45) is 4.57. The van der Waals surface area contributed by atoms with Gasteiger partial charge >= 0.3 is 6.03 Å². The Morgan fingerprint density at radius 1 is 1.59 bits per heavy atom. The molecule has 0 aliphatic heterocycles. The van der Waals surface area contributed by atoms with Crippen molar-refractivity contribution in [2.75, 3.05) is 13.1 Å². The first-order chi connectivity index (χ1) is 8.19. The molecule has 0 radical (unpaired) electrons. The Kier molecular flexibility index (Phi) is 5.59. The molecule has 0 heterocycles. The molecule has 0 aromatic rings. The zero-order chi connectivity index (χ0) is 12.7. The van der Waals surface area contributed by atoms with Crippen molar-refractivity contribution in [1.29, 1.82) is 0 Å². The van der Waals surface area contributed by atoms with Gasteiger partial charge in [0, 0.05) is 25.6 Å². The van der Waals surface area contributed by atoms with Crippen molar-refractivity contribution in [2.24, 2.45) is 10.9 Å². The van der Waals surface area contributed by atoms with E-state index in [0.29, 0.717) is 25.6 Å². The lowest BCUT2D eigenvalue weighted by atomic mass is 10.3. The molecule has 1 aliphatic carbocycles. The molecule has 1 aliphatic rings. The van der Waals surface area contributed by atoms with E-state index in [0.717, 1.165) is 25.7 Å². The number of amides is 2. The number of urea groups is 1. The minimum Gasteiger partial charge on any atom is -0.409 e. The number of carbonyl (C=O) groups excluding carboxylic acids is 1. The van der Waals surface area contributed by atoms with Crippen LogP contribution in [-0.2, 0) is 0 Å². The molecule has 1 fully saturated rings. The fraction of sp³-hybridized carbons (Fsp3) is 0.818. The van der Waals surface area contributed by atoms with E-state index in [1.165, 1.54) is 0 Å². The summed E-state index contributed by atoms with van der Waals surface area (Å²) >= 11 is 0. The molecular weight excluding hydrogens is 220 g/mol. The second kappa shape index (κ2) is 6.98. The smallest absolute Gasteiger partial charge is 0.317 e. The lowest BCUT2D eigenvalue weighted by molar-refractivity contribution is 0.196. The summed E-state index contributed by atoms with van der Waals surface area (Å²) in [7, 11) is 0. The molecule has 17 heavy (non-hydrogen) atoms. The van der Waals surface area contributed by atoms with E-state index in [1.807, 2.05) is 0 Å². The third kappa shape index (κ3) is 4.93. The van der Waals surface area contributed by atoms with Crippen LogP contribution in [0.1, 0.15) is 39.0 Å². The lowest BCUT2D eigenvalue weighted by Crippen LogP contribution is -2.43. The van der Waals surface area contributed by atoms with Gasteiger partial charge in [-0.3, -0.25) is 0 Å². The monoisotopic (exact) mass is 242 g/mol. The number of hydrogen-bond donors (Lipinski definition) is 3. The molecule has 98 valence electrons. The van der Waals surface area contributed by atoms with Crippen molar-refractivity contribution in [3.63, 3.8) is 0 Å². The van der Waals surface area contributed by atoms with E-state index in [4.69, 9.17) is 10.9 Å². The topological polar surface area (TPSA) is 91.0 Å². The number of amidine groups is 1. The molecule has 1 rings (SSSR count). The number of unbranched alkanes of at least 4 members (excludes halogenated alkanes) is 1. The van der Waals surface area contributed by atoms with Crippen molar-refractivity contribution >= 4 is 11.9 Å². The maximum atomic E-state index is 11.9. The molecule has 1 saturated carbocycles. The van der Waals surface area contributed by atoms with Crippen LogP contribution in [0.2, 0.25) is 0 Å². The van der Waals surface area contributed by atoms with Gasteiger partial charge in [-0.25, -0.2) is 4.79 Å². The Bertz CT molecular complexity index is 277. The van der Waals surface area contributed by atoms with Gasteiger partial charge in [0.05, 0.1) is 0 Å². The molecular formula is C11H22N4O2. The molecule has 6 heteroatoms. The van der Waals surface area contributed by atoms with E-state index in [-0.39, 0.29) is 11.9 Å². The highest BCUT2D eigenvalue weighted by molar-refractivity contribution is 5.81. The van der Waals surface area contributed by atoms with Gasteiger partial charge in [-0.05, 0) is 19.3 Å². The van der Waals surface area contributed by atoms with Crippen LogP contribution in [-0.4, -0.2) is 41.1 Å². The number of carbonyl (C=O) groups is 1. The molecule has 0 spiro atoms. The van der Waals surface area contributed by atoms with Crippen LogP contribution in [0.4, 0.5) is 4.79 Å². The second-order valence-electron chi connectivity index (χ2n) is 4.35. The van der Waals surface area contributed by atoms with Crippen LogP contribution in [0, 0.1) is 0 Å². The van der Waals surface area contributed by atoms with E-state index in [2.05, 4.69) is 17.4 Å². The molecule has 2 amide bonds.